The first-order chi connectivity index (χ1) is 12.9. The van der Waals surface area contributed by atoms with Gasteiger partial charge in [-0.25, -0.2) is 4.68 Å². The van der Waals surface area contributed by atoms with Crippen LogP contribution in [0.2, 0.25) is 0 Å². The topological polar surface area (TPSA) is 87.5 Å². The second-order valence-corrected chi connectivity index (χ2v) is 9.02. The number of hydrogen-bond acceptors (Lipinski definition) is 6. The molecule has 2 aromatic heterocycles. The van der Waals surface area contributed by atoms with Crippen molar-refractivity contribution in [1.29, 1.82) is 0 Å². The van der Waals surface area contributed by atoms with E-state index < -0.39 is 10.2 Å². The van der Waals surface area contributed by atoms with E-state index in [0.29, 0.717) is 45.1 Å². The van der Waals surface area contributed by atoms with E-state index in [1.807, 2.05) is 32.0 Å². The lowest BCUT2D eigenvalue weighted by molar-refractivity contribution is 0.343. The summed E-state index contributed by atoms with van der Waals surface area (Å²) in [6.45, 7) is 7.38. The standard InChI is InChI=1S/C17H25N7O2S/c1-14-13-15(2)24(20-14)17-6-5-16(18-19-17)21-9-11-23(12-10-21)27(25,26)22-7-3-4-8-22/h5-6,13H,3-4,7-12H2,1-2H3. The number of aryl methyl sites for hydroxylation is 2. The van der Waals surface area contributed by atoms with Crippen LogP contribution in [0.1, 0.15) is 24.2 Å². The first-order valence-electron chi connectivity index (χ1n) is 9.33. The van der Waals surface area contributed by atoms with Gasteiger partial charge >= 0.3 is 0 Å². The van der Waals surface area contributed by atoms with Crippen LogP contribution in [-0.4, -0.2) is 76.3 Å². The van der Waals surface area contributed by atoms with E-state index in [-0.39, 0.29) is 0 Å². The molecule has 0 radical (unpaired) electrons. The van der Waals surface area contributed by atoms with E-state index in [2.05, 4.69) is 20.2 Å². The van der Waals surface area contributed by atoms with Crippen molar-refractivity contribution in [2.45, 2.75) is 26.7 Å². The van der Waals surface area contributed by atoms with Crippen LogP contribution < -0.4 is 4.90 Å². The smallest absolute Gasteiger partial charge is 0.282 e. The van der Waals surface area contributed by atoms with Gasteiger partial charge in [-0.1, -0.05) is 0 Å². The SMILES string of the molecule is Cc1cc(C)n(-c2ccc(N3CCN(S(=O)(=O)N4CCCC4)CC3)nn2)n1. The Morgan fingerprint density at radius 3 is 2.00 bits per heavy atom. The number of hydrogen-bond donors (Lipinski definition) is 0. The summed E-state index contributed by atoms with van der Waals surface area (Å²) < 4.78 is 30.3. The second kappa shape index (κ2) is 7.17. The molecule has 2 aliphatic heterocycles. The summed E-state index contributed by atoms with van der Waals surface area (Å²) in [6, 6.07) is 5.81. The molecule has 27 heavy (non-hydrogen) atoms. The molecule has 10 heteroatoms. The van der Waals surface area contributed by atoms with Gasteiger partial charge in [-0.2, -0.15) is 22.1 Å². The maximum absolute atomic E-state index is 12.7. The van der Waals surface area contributed by atoms with Gasteiger partial charge in [0.2, 0.25) is 0 Å². The third-order valence-corrected chi connectivity index (χ3v) is 7.18. The van der Waals surface area contributed by atoms with Crippen LogP contribution in [0.25, 0.3) is 5.82 Å². The van der Waals surface area contributed by atoms with Crippen LogP contribution >= 0.6 is 0 Å². The minimum Gasteiger partial charge on any atom is -0.352 e. The zero-order valence-electron chi connectivity index (χ0n) is 15.7. The van der Waals surface area contributed by atoms with Gasteiger partial charge in [0.15, 0.2) is 11.6 Å². The number of anilines is 1. The summed E-state index contributed by atoms with van der Waals surface area (Å²) in [5, 5.41) is 13.0. The normalized spacial score (nSPS) is 19.7. The Bertz CT molecular complexity index is 896. The van der Waals surface area contributed by atoms with E-state index in [4.69, 9.17) is 0 Å². The van der Waals surface area contributed by atoms with E-state index >= 15 is 0 Å². The zero-order valence-corrected chi connectivity index (χ0v) is 16.6. The fourth-order valence-corrected chi connectivity index (χ4v) is 5.36. The third-order valence-electron chi connectivity index (χ3n) is 5.14. The molecule has 0 saturated carbocycles. The summed E-state index contributed by atoms with van der Waals surface area (Å²) in [5.74, 6) is 1.44. The lowest BCUT2D eigenvalue weighted by atomic mass is 10.3. The highest BCUT2D eigenvalue weighted by Gasteiger charge is 2.34. The number of piperazine rings is 1. The third kappa shape index (κ3) is 3.56. The maximum Gasteiger partial charge on any atom is 0.282 e. The lowest BCUT2D eigenvalue weighted by Crippen LogP contribution is -2.52. The summed E-state index contributed by atoms with van der Waals surface area (Å²) in [6.07, 6.45) is 1.91. The Labute approximate surface area is 159 Å². The largest absolute Gasteiger partial charge is 0.352 e. The molecule has 146 valence electrons. The first-order valence-corrected chi connectivity index (χ1v) is 10.7. The molecule has 4 heterocycles. The van der Waals surface area contributed by atoms with Crippen molar-refractivity contribution >= 4 is 16.0 Å². The number of aromatic nitrogens is 4. The van der Waals surface area contributed by atoms with Crippen molar-refractivity contribution in [3.8, 4) is 5.82 Å². The molecule has 9 nitrogen and oxygen atoms in total. The average Bonchev–Trinajstić information content (AvgIpc) is 3.32. The Kier molecular flexibility index (Phi) is 4.87. The highest BCUT2D eigenvalue weighted by Crippen LogP contribution is 2.20. The highest BCUT2D eigenvalue weighted by atomic mass is 32.2. The number of rotatable bonds is 4. The van der Waals surface area contributed by atoms with E-state index in [1.165, 1.54) is 0 Å². The van der Waals surface area contributed by atoms with Crippen LogP contribution in [-0.2, 0) is 10.2 Å². The molecule has 2 fully saturated rings. The van der Waals surface area contributed by atoms with Gasteiger partial charge < -0.3 is 4.90 Å². The average molecular weight is 392 g/mol. The molecule has 0 atom stereocenters. The molecular formula is C17H25N7O2S. The van der Waals surface area contributed by atoms with Gasteiger partial charge in [-0.3, -0.25) is 0 Å². The molecule has 2 aromatic rings. The summed E-state index contributed by atoms with van der Waals surface area (Å²) in [4.78, 5) is 2.08. The van der Waals surface area contributed by atoms with Crippen molar-refractivity contribution in [2.75, 3.05) is 44.2 Å². The first kappa shape index (κ1) is 18.3. The minimum atomic E-state index is -3.32. The molecule has 0 aromatic carbocycles. The molecule has 0 bridgehead atoms. The molecule has 0 amide bonds. The van der Waals surface area contributed by atoms with Crippen LogP contribution in [0.15, 0.2) is 18.2 Å². The Hall–Kier alpha value is -2.04. The van der Waals surface area contributed by atoms with E-state index in [9.17, 15) is 8.42 Å². The Balaban J connectivity index is 1.42. The zero-order chi connectivity index (χ0) is 19.0. The van der Waals surface area contributed by atoms with Gasteiger partial charge in [0.1, 0.15) is 0 Å². The van der Waals surface area contributed by atoms with Crippen molar-refractivity contribution in [3.05, 3.63) is 29.6 Å². The van der Waals surface area contributed by atoms with Crippen molar-refractivity contribution in [2.24, 2.45) is 0 Å². The van der Waals surface area contributed by atoms with E-state index in [1.54, 1.807) is 13.3 Å². The number of nitrogens with zero attached hydrogens (tertiary/aromatic N) is 7. The van der Waals surface area contributed by atoms with Crippen molar-refractivity contribution < 1.29 is 8.42 Å². The quantitative estimate of drug-likeness (QED) is 0.764. The fourth-order valence-electron chi connectivity index (χ4n) is 3.69. The molecule has 2 aliphatic rings. The fraction of sp³-hybridized carbons (Fsp3) is 0.588. The van der Waals surface area contributed by atoms with Gasteiger partial charge in [-0.05, 0) is 44.9 Å². The van der Waals surface area contributed by atoms with Crippen LogP contribution in [0, 0.1) is 13.8 Å². The Morgan fingerprint density at radius 2 is 1.44 bits per heavy atom. The van der Waals surface area contributed by atoms with Crippen molar-refractivity contribution in [1.82, 2.24) is 28.6 Å². The van der Waals surface area contributed by atoms with Crippen molar-refractivity contribution in [3.63, 3.8) is 0 Å². The highest BCUT2D eigenvalue weighted by molar-refractivity contribution is 7.86. The second-order valence-electron chi connectivity index (χ2n) is 7.09. The predicted molar refractivity (Wildman–Crippen MR) is 102 cm³/mol. The predicted octanol–water partition coefficient (Wildman–Crippen LogP) is 0.742. The maximum atomic E-state index is 12.7. The molecule has 0 unspecified atom stereocenters. The lowest BCUT2D eigenvalue weighted by Gasteiger charge is -2.36. The molecule has 0 spiro atoms. The van der Waals surface area contributed by atoms with Crippen LogP contribution in [0.5, 0.6) is 0 Å². The summed E-state index contributed by atoms with van der Waals surface area (Å²) in [5.41, 5.74) is 1.95. The molecule has 2 saturated heterocycles. The van der Waals surface area contributed by atoms with Gasteiger partial charge in [0, 0.05) is 45.0 Å². The molecule has 4 rings (SSSR count). The Morgan fingerprint density at radius 1 is 0.852 bits per heavy atom. The molecular weight excluding hydrogens is 366 g/mol. The van der Waals surface area contributed by atoms with Gasteiger partial charge in [-0.15, -0.1) is 10.2 Å². The monoisotopic (exact) mass is 391 g/mol. The molecule has 0 aliphatic carbocycles. The minimum absolute atomic E-state index is 0.472. The van der Waals surface area contributed by atoms with E-state index in [0.717, 1.165) is 30.0 Å². The van der Waals surface area contributed by atoms with Crippen LogP contribution in [0.4, 0.5) is 5.82 Å². The van der Waals surface area contributed by atoms with Gasteiger partial charge in [0.05, 0.1) is 5.69 Å². The summed E-state index contributed by atoms with van der Waals surface area (Å²) in [7, 11) is -3.32. The molecule has 0 N–H and O–H groups in total. The van der Waals surface area contributed by atoms with Crippen LogP contribution in [0.3, 0.4) is 0 Å². The summed E-state index contributed by atoms with van der Waals surface area (Å²) >= 11 is 0. The van der Waals surface area contributed by atoms with Gasteiger partial charge in [0.25, 0.3) is 10.2 Å².